The van der Waals surface area contributed by atoms with Gasteiger partial charge in [-0.1, -0.05) is 25.1 Å². The van der Waals surface area contributed by atoms with Crippen LogP contribution >= 0.6 is 11.8 Å². The van der Waals surface area contributed by atoms with E-state index in [0.717, 1.165) is 24.5 Å². The maximum absolute atomic E-state index is 4.69. The molecule has 2 rings (SSSR count). The number of aryl methyl sites for hydroxylation is 1. The zero-order valence-electron chi connectivity index (χ0n) is 13.4. The molecular formula is C17H25N3S. The van der Waals surface area contributed by atoms with Gasteiger partial charge in [0, 0.05) is 17.8 Å². The third-order valence-electron chi connectivity index (χ3n) is 3.69. The summed E-state index contributed by atoms with van der Waals surface area (Å²) in [6.07, 6.45) is 2.16. The normalized spacial score (nSPS) is 12.6. The SMILES string of the molecule is CSCC(C)CNCc1c(C)nn(-c2ccccc2)c1C. The summed E-state index contributed by atoms with van der Waals surface area (Å²) in [4.78, 5) is 0. The van der Waals surface area contributed by atoms with Gasteiger partial charge in [0.2, 0.25) is 0 Å². The summed E-state index contributed by atoms with van der Waals surface area (Å²) in [6.45, 7) is 8.47. The minimum Gasteiger partial charge on any atom is -0.312 e. The molecule has 1 aromatic heterocycles. The van der Waals surface area contributed by atoms with Crippen molar-refractivity contribution in [2.75, 3.05) is 18.6 Å². The lowest BCUT2D eigenvalue weighted by Crippen LogP contribution is -2.22. The van der Waals surface area contributed by atoms with E-state index in [4.69, 9.17) is 0 Å². The van der Waals surface area contributed by atoms with Crippen molar-refractivity contribution in [1.29, 1.82) is 0 Å². The third-order valence-corrected chi connectivity index (χ3v) is 4.59. The van der Waals surface area contributed by atoms with Gasteiger partial charge in [0.05, 0.1) is 11.4 Å². The fraction of sp³-hybridized carbons (Fsp3) is 0.471. The molecule has 1 atom stereocenters. The van der Waals surface area contributed by atoms with E-state index in [9.17, 15) is 0 Å². The standard InChI is InChI=1S/C17H25N3S/c1-13(12-21-4)10-18-11-17-14(2)19-20(15(17)3)16-8-6-5-7-9-16/h5-9,13,18H,10-12H2,1-4H3. The summed E-state index contributed by atoms with van der Waals surface area (Å²) in [6, 6.07) is 10.3. The Kier molecular flexibility index (Phi) is 5.88. The molecule has 1 unspecified atom stereocenters. The summed E-state index contributed by atoms with van der Waals surface area (Å²) in [5, 5.41) is 8.25. The molecule has 0 bridgehead atoms. The third kappa shape index (κ3) is 4.11. The van der Waals surface area contributed by atoms with Gasteiger partial charge < -0.3 is 5.32 Å². The van der Waals surface area contributed by atoms with Gasteiger partial charge in [0.15, 0.2) is 0 Å². The molecule has 0 saturated carbocycles. The highest BCUT2D eigenvalue weighted by molar-refractivity contribution is 7.98. The van der Waals surface area contributed by atoms with Gasteiger partial charge in [-0.2, -0.15) is 16.9 Å². The zero-order chi connectivity index (χ0) is 15.2. The van der Waals surface area contributed by atoms with Gasteiger partial charge in [-0.3, -0.25) is 0 Å². The second-order valence-electron chi connectivity index (χ2n) is 5.59. The van der Waals surface area contributed by atoms with E-state index in [-0.39, 0.29) is 0 Å². The first-order valence-corrected chi connectivity index (χ1v) is 8.83. The smallest absolute Gasteiger partial charge is 0.0648 e. The fourth-order valence-corrected chi connectivity index (χ4v) is 3.23. The summed E-state index contributed by atoms with van der Waals surface area (Å²) in [7, 11) is 0. The Bertz CT molecular complexity index is 563. The Labute approximate surface area is 132 Å². The molecule has 3 nitrogen and oxygen atoms in total. The highest BCUT2D eigenvalue weighted by Crippen LogP contribution is 2.17. The first kappa shape index (κ1) is 16.1. The second-order valence-corrected chi connectivity index (χ2v) is 6.50. The average Bonchev–Trinajstić information content (AvgIpc) is 2.76. The molecule has 0 saturated heterocycles. The molecule has 0 fully saturated rings. The van der Waals surface area contributed by atoms with Crippen LogP contribution in [0.15, 0.2) is 30.3 Å². The van der Waals surface area contributed by atoms with Crippen molar-refractivity contribution in [2.24, 2.45) is 5.92 Å². The van der Waals surface area contributed by atoms with Crippen LogP contribution in [0.1, 0.15) is 23.9 Å². The Balaban J connectivity index is 2.06. The molecule has 2 aromatic rings. The minimum absolute atomic E-state index is 0.699. The van der Waals surface area contributed by atoms with Gasteiger partial charge in [-0.25, -0.2) is 4.68 Å². The highest BCUT2D eigenvalue weighted by atomic mass is 32.2. The molecule has 0 aliphatic carbocycles. The van der Waals surface area contributed by atoms with Crippen LogP contribution in [0, 0.1) is 19.8 Å². The lowest BCUT2D eigenvalue weighted by Gasteiger charge is -2.11. The topological polar surface area (TPSA) is 29.9 Å². The van der Waals surface area contributed by atoms with Crippen LogP contribution in [0.25, 0.3) is 5.69 Å². The molecule has 1 N–H and O–H groups in total. The van der Waals surface area contributed by atoms with Crippen LogP contribution in [0.3, 0.4) is 0 Å². The van der Waals surface area contributed by atoms with Gasteiger partial charge in [-0.15, -0.1) is 0 Å². The number of nitrogens with zero attached hydrogens (tertiary/aromatic N) is 2. The van der Waals surface area contributed by atoms with E-state index in [1.807, 2.05) is 34.6 Å². The number of rotatable bonds is 7. The number of nitrogens with one attached hydrogen (secondary N) is 1. The van der Waals surface area contributed by atoms with Gasteiger partial charge in [0.25, 0.3) is 0 Å². The molecule has 0 spiro atoms. The Morgan fingerprint density at radius 1 is 1.24 bits per heavy atom. The van der Waals surface area contributed by atoms with Crippen molar-refractivity contribution < 1.29 is 0 Å². The van der Waals surface area contributed by atoms with E-state index in [0.29, 0.717) is 5.92 Å². The molecule has 0 aliphatic rings. The molecule has 114 valence electrons. The van der Waals surface area contributed by atoms with Crippen LogP contribution < -0.4 is 5.32 Å². The predicted octanol–water partition coefficient (Wildman–Crippen LogP) is 3.58. The maximum Gasteiger partial charge on any atom is 0.0648 e. The predicted molar refractivity (Wildman–Crippen MR) is 92.3 cm³/mol. The van der Waals surface area contributed by atoms with Crippen molar-refractivity contribution in [3.05, 3.63) is 47.3 Å². The van der Waals surface area contributed by atoms with Gasteiger partial charge in [-0.05, 0) is 50.5 Å². The zero-order valence-corrected chi connectivity index (χ0v) is 14.2. The monoisotopic (exact) mass is 303 g/mol. The van der Waals surface area contributed by atoms with E-state index in [1.54, 1.807) is 0 Å². The summed E-state index contributed by atoms with van der Waals surface area (Å²) >= 11 is 1.91. The first-order valence-electron chi connectivity index (χ1n) is 7.43. The van der Waals surface area contributed by atoms with Crippen LogP contribution in [0.2, 0.25) is 0 Å². The number of para-hydroxylation sites is 1. The summed E-state index contributed by atoms with van der Waals surface area (Å²) in [5.41, 5.74) is 4.78. The summed E-state index contributed by atoms with van der Waals surface area (Å²) in [5.74, 6) is 1.90. The number of hydrogen-bond donors (Lipinski definition) is 1. The average molecular weight is 303 g/mol. The van der Waals surface area contributed by atoms with Crippen molar-refractivity contribution in [3.63, 3.8) is 0 Å². The molecular weight excluding hydrogens is 278 g/mol. The number of hydrogen-bond acceptors (Lipinski definition) is 3. The molecule has 1 aromatic carbocycles. The highest BCUT2D eigenvalue weighted by Gasteiger charge is 2.12. The maximum atomic E-state index is 4.69. The second kappa shape index (κ2) is 7.66. The van der Waals surface area contributed by atoms with Crippen LogP contribution in [0.5, 0.6) is 0 Å². The molecule has 21 heavy (non-hydrogen) atoms. The lowest BCUT2D eigenvalue weighted by molar-refractivity contribution is 0.557. The van der Waals surface area contributed by atoms with Crippen molar-refractivity contribution in [3.8, 4) is 5.69 Å². The van der Waals surface area contributed by atoms with Crippen LogP contribution in [0.4, 0.5) is 0 Å². The number of benzene rings is 1. The largest absolute Gasteiger partial charge is 0.312 e. The molecule has 0 amide bonds. The fourth-order valence-electron chi connectivity index (χ4n) is 2.54. The van der Waals surface area contributed by atoms with E-state index < -0.39 is 0 Å². The van der Waals surface area contributed by atoms with Crippen molar-refractivity contribution in [1.82, 2.24) is 15.1 Å². The lowest BCUT2D eigenvalue weighted by atomic mass is 10.1. The minimum atomic E-state index is 0.699. The molecule has 4 heteroatoms. The molecule has 0 radical (unpaired) electrons. The van der Waals surface area contributed by atoms with E-state index in [1.165, 1.54) is 17.0 Å². The molecule has 0 aliphatic heterocycles. The Morgan fingerprint density at radius 2 is 1.95 bits per heavy atom. The molecule has 1 heterocycles. The number of thioether (sulfide) groups is 1. The van der Waals surface area contributed by atoms with E-state index in [2.05, 4.69) is 49.6 Å². The van der Waals surface area contributed by atoms with Crippen molar-refractivity contribution >= 4 is 11.8 Å². The van der Waals surface area contributed by atoms with Crippen LogP contribution in [-0.2, 0) is 6.54 Å². The Hall–Kier alpha value is -1.26. The van der Waals surface area contributed by atoms with Gasteiger partial charge in [0.1, 0.15) is 0 Å². The van der Waals surface area contributed by atoms with E-state index >= 15 is 0 Å². The van der Waals surface area contributed by atoms with Gasteiger partial charge >= 0.3 is 0 Å². The quantitative estimate of drug-likeness (QED) is 0.848. The first-order chi connectivity index (χ1) is 10.1. The Morgan fingerprint density at radius 3 is 2.62 bits per heavy atom. The summed E-state index contributed by atoms with van der Waals surface area (Å²) < 4.78 is 2.04. The van der Waals surface area contributed by atoms with Crippen molar-refractivity contribution in [2.45, 2.75) is 27.3 Å². The number of aromatic nitrogens is 2. The van der Waals surface area contributed by atoms with Crippen LogP contribution in [-0.4, -0.2) is 28.3 Å².